The van der Waals surface area contributed by atoms with E-state index < -0.39 is 49.4 Å². The first-order chi connectivity index (χ1) is 19.7. The largest absolute Gasteiger partial charge is 0.461 e. The molecule has 2 heterocycles. The molecule has 224 valence electrons. The van der Waals surface area contributed by atoms with Gasteiger partial charge in [0.05, 0.1) is 18.3 Å². The number of benzene rings is 1. The van der Waals surface area contributed by atoms with Crippen molar-refractivity contribution in [1.82, 2.24) is 14.6 Å². The van der Waals surface area contributed by atoms with Crippen LogP contribution < -0.4 is 20.9 Å². The van der Waals surface area contributed by atoms with Gasteiger partial charge in [-0.1, -0.05) is 47.0 Å². The highest BCUT2D eigenvalue weighted by Gasteiger charge is 2.40. The van der Waals surface area contributed by atoms with Crippen molar-refractivity contribution in [3.8, 4) is 5.75 Å². The highest BCUT2D eigenvalue weighted by Crippen LogP contribution is 2.46. The van der Waals surface area contributed by atoms with Gasteiger partial charge in [-0.05, 0) is 55.8 Å². The van der Waals surface area contributed by atoms with Gasteiger partial charge in [0.1, 0.15) is 30.2 Å². The molecular weight excluding hydrogens is 621 g/mol. The lowest BCUT2D eigenvalue weighted by Crippen LogP contribution is -2.38. The highest BCUT2D eigenvalue weighted by molar-refractivity contribution is 9.11. The van der Waals surface area contributed by atoms with Crippen molar-refractivity contribution in [2.75, 3.05) is 6.61 Å². The molecule has 2 aromatic rings. The number of ether oxygens (including phenoxy) is 2. The maximum absolute atomic E-state index is 13.9. The van der Waals surface area contributed by atoms with Crippen LogP contribution in [0, 0.1) is 0 Å². The molecule has 1 saturated heterocycles. The molecule has 1 saturated carbocycles. The summed E-state index contributed by atoms with van der Waals surface area (Å²) in [6, 6.07) is 7.31. The molecular formula is C27H35BrN3O9P. The second-order valence-electron chi connectivity index (χ2n) is 10.1. The molecule has 2 fully saturated rings. The van der Waals surface area contributed by atoms with Crippen molar-refractivity contribution >= 4 is 35.7 Å². The monoisotopic (exact) mass is 655 g/mol. The summed E-state index contributed by atoms with van der Waals surface area (Å²) in [5.74, 6) is -0.328. The van der Waals surface area contributed by atoms with E-state index in [4.69, 9.17) is 18.5 Å². The summed E-state index contributed by atoms with van der Waals surface area (Å²) >= 11 is 3.10. The zero-order chi connectivity index (χ0) is 29.4. The lowest BCUT2D eigenvalue weighted by atomic mass is 10.1. The Morgan fingerprint density at radius 1 is 1.24 bits per heavy atom. The van der Waals surface area contributed by atoms with Crippen LogP contribution in [-0.2, 0) is 23.4 Å². The van der Waals surface area contributed by atoms with Crippen LogP contribution in [0.3, 0.4) is 0 Å². The number of para-hydroxylation sites is 1. The van der Waals surface area contributed by atoms with Crippen LogP contribution in [0.4, 0.5) is 0 Å². The Bertz CT molecular complexity index is 1360. The minimum absolute atomic E-state index is 0.0127. The summed E-state index contributed by atoms with van der Waals surface area (Å²) < 4.78 is 37.9. The molecule has 0 spiro atoms. The molecule has 4 rings (SSSR count). The summed E-state index contributed by atoms with van der Waals surface area (Å²) in [4.78, 5) is 41.0. The van der Waals surface area contributed by atoms with Gasteiger partial charge in [0.2, 0.25) is 0 Å². The van der Waals surface area contributed by atoms with Crippen LogP contribution in [0.1, 0.15) is 63.7 Å². The van der Waals surface area contributed by atoms with E-state index in [9.17, 15) is 24.1 Å². The average molecular weight is 656 g/mol. The van der Waals surface area contributed by atoms with E-state index in [1.807, 2.05) is 0 Å². The summed E-state index contributed by atoms with van der Waals surface area (Å²) in [6.45, 7) is 1.13. The van der Waals surface area contributed by atoms with Crippen LogP contribution >= 0.6 is 23.7 Å². The number of halogens is 1. The fourth-order valence-electron chi connectivity index (χ4n) is 4.73. The number of nitrogens with one attached hydrogen (secondary N) is 2. The quantitative estimate of drug-likeness (QED) is 0.184. The molecule has 1 aliphatic carbocycles. The molecule has 41 heavy (non-hydrogen) atoms. The van der Waals surface area contributed by atoms with Crippen LogP contribution in [0.2, 0.25) is 0 Å². The number of hydrogen-bond donors (Lipinski definition) is 3. The lowest BCUT2D eigenvalue weighted by Gasteiger charge is -2.25. The van der Waals surface area contributed by atoms with Crippen molar-refractivity contribution in [2.45, 2.75) is 82.5 Å². The van der Waals surface area contributed by atoms with Crippen molar-refractivity contribution in [2.24, 2.45) is 0 Å². The molecule has 3 N–H and O–H groups in total. The van der Waals surface area contributed by atoms with Crippen molar-refractivity contribution in [3.05, 3.63) is 67.9 Å². The number of nitrogens with zero attached hydrogens (tertiary/aromatic N) is 1. The summed E-state index contributed by atoms with van der Waals surface area (Å²) in [6.07, 6.45) is 5.40. The summed E-state index contributed by atoms with van der Waals surface area (Å²) in [5.41, 5.74) is -1.08. The normalized spacial score (nSPS) is 24.0. The predicted molar refractivity (Wildman–Crippen MR) is 155 cm³/mol. The Balaban J connectivity index is 1.44. The minimum Gasteiger partial charge on any atom is -0.461 e. The molecule has 2 aliphatic rings. The molecule has 0 bridgehead atoms. The van der Waals surface area contributed by atoms with E-state index in [1.54, 1.807) is 30.3 Å². The fourth-order valence-corrected chi connectivity index (χ4v) is 6.52. The number of aromatic amines is 1. The van der Waals surface area contributed by atoms with Crippen molar-refractivity contribution in [1.29, 1.82) is 0 Å². The first-order valence-electron chi connectivity index (χ1n) is 13.6. The Morgan fingerprint density at radius 2 is 1.95 bits per heavy atom. The van der Waals surface area contributed by atoms with Crippen LogP contribution in [0.25, 0.3) is 6.08 Å². The van der Waals surface area contributed by atoms with Crippen LogP contribution in [0.15, 0.2) is 51.1 Å². The zero-order valence-electron chi connectivity index (χ0n) is 22.6. The molecule has 1 aromatic carbocycles. The highest BCUT2D eigenvalue weighted by atomic mass is 79.9. The van der Waals surface area contributed by atoms with E-state index in [1.165, 1.54) is 24.2 Å². The second kappa shape index (κ2) is 14.6. The van der Waals surface area contributed by atoms with Gasteiger partial charge >= 0.3 is 19.4 Å². The van der Waals surface area contributed by atoms with E-state index in [0.29, 0.717) is 0 Å². The van der Waals surface area contributed by atoms with Gasteiger partial charge in [0.15, 0.2) is 0 Å². The first kappa shape index (κ1) is 31.4. The SMILES string of the molecule is C[C@H](NP(=O)(OCC1OC(n2cc(C=CBr)c(=O)[nH]c2=O)CC1O)Oc1ccccc1)C(=O)OC1CCCCCC1. The third-order valence-corrected chi connectivity index (χ3v) is 8.83. The molecule has 1 aromatic heterocycles. The Morgan fingerprint density at radius 3 is 2.63 bits per heavy atom. The maximum atomic E-state index is 13.9. The number of carbonyl (C=O) groups is 1. The van der Waals surface area contributed by atoms with Crippen LogP contribution in [0.5, 0.6) is 5.75 Å². The number of rotatable bonds is 11. The first-order valence-corrected chi connectivity index (χ1v) is 16.1. The van der Waals surface area contributed by atoms with Crippen molar-refractivity contribution in [3.63, 3.8) is 0 Å². The Kier molecular flexibility index (Phi) is 11.2. The molecule has 5 atom stereocenters. The average Bonchev–Trinajstić information content (AvgIpc) is 3.12. The number of aliphatic hydroxyl groups excluding tert-OH is 1. The third-order valence-electron chi connectivity index (χ3n) is 6.92. The van der Waals surface area contributed by atoms with Gasteiger partial charge in [-0.15, -0.1) is 0 Å². The Hall–Kier alpha value is -2.54. The van der Waals surface area contributed by atoms with Crippen LogP contribution in [-0.4, -0.2) is 51.6 Å². The predicted octanol–water partition coefficient (Wildman–Crippen LogP) is 4.00. The molecule has 0 amide bonds. The van der Waals surface area contributed by atoms with E-state index >= 15 is 0 Å². The van der Waals surface area contributed by atoms with Gasteiger partial charge in [0, 0.05) is 12.6 Å². The number of esters is 1. The standard InChI is InChI=1S/C27H35BrN3O9P/c1-18(26(34)38-20-9-5-2-3-6-10-20)30-41(36,40-21-11-7-4-8-12-21)37-17-23-22(32)15-24(39-23)31-16-19(13-14-28)25(33)29-27(31)35/h4,7-8,11-14,16,18,20,22-24,32H,2-3,5-6,9-10,15,17H2,1H3,(H,30,36)(H,29,33,35)/t18-,22?,23?,24?,41?/m0/s1. The van der Waals surface area contributed by atoms with Gasteiger partial charge in [-0.2, -0.15) is 5.09 Å². The fraction of sp³-hybridized carbons (Fsp3) is 0.519. The Labute approximate surface area is 245 Å². The molecule has 0 radical (unpaired) electrons. The number of H-pyrrole nitrogens is 1. The lowest BCUT2D eigenvalue weighted by molar-refractivity contribution is -0.151. The minimum atomic E-state index is -4.19. The van der Waals surface area contributed by atoms with E-state index in [2.05, 4.69) is 26.0 Å². The smallest absolute Gasteiger partial charge is 0.459 e. The number of aromatic nitrogens is 2. The molecule has 14 heteroatoms. The third kappa shape index (κ3) is 8.73. The summed E-state index contributed by atoms with van der Waals surface area (Å²) in [5, 5.41) is 13.3. The maximum Gasteiger partial charge on any atom is 0.459 e. The van der Waals surface area contributed by atoms with Gasteiger partial charge in [-0.3, -0.25) is 23.7 Å². The number of aliphatic hydroxyl groups is 1. The van der Waals surface area contributed by atoms with Crippen molar-refractivity contribution < 1.29 is 33.0 Å². The number of carbonyl (C=O) groups excluding carboxylic acids is 1. The van der Waals surface area contributed by atoms with Gasteiger partial charge in [0.25, 0.3) is 5.56 Å². The topological polar surface area (TPSA) is 158 Å². The van der Waals surface area contributed by atoms with Gasteiger partial charge < -0.3 is 19.1 Å². The second-order valence-corrected chi connectivity index (χ2v) is 12.3. The number of hydrogen-bond acceptors (Lipinski definition) is 9. The molecule has 12 nitrogen and oxygen atoms in total. The van der Waals surface area contributed by atoms with Gasteiger partial charge in [-0.25, -0.2) is 9.36 Å². The molecule has 4 unspecified atom stereocenters. The zero-order valence-corrected chi connectivity index (χ0v) is 25.1. The summed E-state index contributed by atoms with van der Waals surface area (Å²) in [7, 11) is -4.19. The van der Waals surface area contributed by atoms with E-state index in [-0.39, 0.29) is 30.4 Å². The van der Waals surface area contributed by atoms with E-state index in [0.717, 1.165) is 43.1 Å². The molecule has 1 aliphatic heterocycles.